The zero-order chi connectivity index (χ0) is 19.5. The van der Waals surface area contributed by atoms with E-state index in [1.165, 1.54) is 11.1 Å². The van der Waals surface area contributed by atoms with E-state index in [4.69, 9.17) is 9.97 Å². The summed E-state index contributed by atoms with van der Waals surface area (Å²) in [7, 11) is 4.09. The van der Waals surface area contributed by atoms with Gasteiger partial charge in [-0.25, -0.2) is 9.97 Å². The van der Waals surface area contributed by atoms with Crippen molar-refractivity contribution in [2.45, 2.75) is 6.54 Å². The van der Waals surface area contributed by atoms with Gasteiger partial charge in [0.1, 0.15) is 16.5 Å². The summed E-state index contributed by atoms with van der Waals surface area (Å²) in [6.07, 6.45) is 0. The molecular weight excluding hydrogens is 370 g/mol. The molecule has 3 heterocycles. The number of hydrogen-bond acceptors (Lipinski definition) is 7. The molecule has 0 spiro atoms. The number of nitrogens with zero attached hydrogens (tertiary/aromatic N) is 5. The van der Waals surface area contributed by atoms with E-state index in [2.05, 4.69) is 44.3 Å². The Labute approximate surface area is 170 Å². The highest BCUT2D eigenvalue weighted by Crippen LogP contribution is 2.38. The quantitative estimate of drug-likeness (QED) is 0.690. The molecule has 1 N–H and O–H groups in total. The number of thiophene rings is 1. The lowest BCUT2D eigenvalue weighted by atomic mass is 10.1. The molecule has 1 aliphatic heterocycles. The molecule has 3 aromatic rings. The molecule has 1 aromatic carbocycles. The van der Waals surface area contributed by atoms with Crippen molar-refractivity contribution < 1.29 is 5.11 Å². The molecule has 148 valence electrons. The fraction of sp³-hybridized carbons (Fsp3) is 0.429. The normalized spacial score (nSPS) is 15.6. The summed E-state index contributed by atoms with van der Waals surface area (Å²) in [4.78, 5) is 17.7. The van der Waals surface area contributed by atoms with Crippen LogP contribution >= 0.6 is 11.3 Å². The van der Waals surface area contributed by atoms with E-state index in [0.717, 1.165) is 61.1 Å². The van der Waals surface area contributed by atoms with Crippen molar-refractivity contribution in [2.24, 2.45) is 0 Å². The number of β-amino-alcohol motifs (C(OH)–C–C–N with tert-alkyl or cyclic N) is 1. The zero-order valence-electron chi connectivity index (χ0n) is 16.5. The zero-order valence-corrected chi connectivity index (χ0v) is 17.3. The minimum atomic E-state index is 0.216. The number of aromatic nitrogens is 2. The first-order valence-corrected chi connectivity index (χ1v) is 10.6. The molecule has 0 atom stereocenters. The standard InChI is InChI=1S/C21H27N5OS/c1-24(2)14-18-22-20(26-10-8-25(9-11-26)12-13-27)19-17(15-28-21(19)23-18)16-6-4-3-5-7-16/h3-7,15,27H,8-14H2,1-2H3. The van der Waals surface area contributed by atoms with Gasteiger partial charge in [0, 0.05) is 43.7 Å². The van der Waals surface area contributed by atoms with Crippen LogP contribution in [-0.4, -0.2) is 78.3 Å². The topological polar surface area (TPSA) is 55.7 Å². The Morgan fingerprint density at radius 1 is 1.07 bits per heavy atom. The second-order valence-corrected chi connectivity index (χ2v) is 8.31. The Balaban J connectivity index is 1.76. The molecule has 1 saturated heterocycles. The smallest absolute Gasteiger partial charge is 0.146 e. The molecule has 0 amide bonds. The van der Waals surface area contributed by atoms with Crippen LogP contribution in [0.1, 0.15) is 5.82 Å². The van der Waals surface area contributed by atoms with Crippen molar-refractivity contribution >= 4 is 27.4 Å². The molecule has 2 aromatic heterocycles. The van der Waals surface area contributed by atoms with Crippen LogP contribution in [0.25, 0.3) is 21.3 Å². The lowest BCUT2D eigenvalue weighted by Crippen LogP contribution is -2.47. The average molecular weight is 398 g/mol. The van der Waals surface area contributed by atoms with Gasteiger partial charge >= 0.3 is 0 Å². The molecule has 0 saturated carbocycles. The third kappa shape index (κ3) is 4.03. The van der Waals surface area contributed by atoms with Crippen LogP contribution in [0.2, 0.25) is 0 Å². The predicted molar refractivity (Wildman–Crippen MR) is 116 cm³/mol. The number of hydrogen-bond donors (Lipinski definition) is 1. The van der Waals surface area contributed by atoms with Crippen LogP contribution in [0.3, 0.4) is 0 Å². The van der Waals surface area contributed by atoms with Gasteiger partial charge < -0.3 is 14.9 Å². The number of benzene rings is 1. The molecule has 1 aliphatic rings. The molecule has 28 heavy (non-hydrogen) atoms. The van der Waals surface area contributed by atoms with Gasteiger partial charge in [-0.05, 0) is 19.7 Å². The van der Waals surface area contributed by atoms with Gasteiger partial charge in [-0.1, -0.05) is 30.3 Å². The number of aliphatic hydroxyl groups is 1. The van der Waals surface area contributed by atoms with E-state index in [0.29, 0.717) is 0 Å². The highest BCUT2D eigenvalue weighted by Gasteiger charge is 2.23. The number of aliphatic hydroxyl groups excluding tert-OH is 1. The summed E-state index contributed by atoms with van der Waals surface area (Å²) in [6.45, 7) is 5.40. The summed E-state index contributed by atoms with van der Waals surface area (Å²) < 4.78 is 0. The third-order valence-electron chi connectivity index (χ3n) is 5.09. The summed E-state index contributed by atoms with van der Waals surface area (Å²) in [5.41, 5.74) is 2.42. The first kappa shape index (κ1) is 19.3. The van der Waals surface area contributed by atoms with Crippen LogP contribution in [0, 0.1) is 0 Å². The van der Waals surface area contributed by atoms with Crippen LogP contribution in [0.4, 0.5) is 5.82 Å². The van der Waals surface area contributed by atoms with E-state index >= 15 is 0 Å². The first-order chi connectivity index (χ1) is 13.7. The highest BCUT2D eigenvalue weighted by molar-refractivity contribution is 7.17. The highest BCUT2D eigenvalue weighted by atomic mass is 32.1. The summed E-state index contributed by atoms with van der Waals surface area (Å²) in [5, 5.41) is 12.6. The van der Waals surface area contributed by atoms with Crippen molar-refractivity contribution in [3.63, 3.8) is 0 Å². The van der Waals surface area contributed by atoms with Gasteiger partial charge in [0.25, 0.3) is 0 Å². The van der Waals surface area contributed by atoms with E-state index in [1.807, 2.05) is 20.2 Å². The molecule has 4 rings (SSSR count). The van der Waals surface area contributed by atoms with E-state index in [9.17, 15) is 5.11 Å². The fourth-order valence-electron chi connectivity index (χ4n) is 3.70. The maximum absolute atomic E-state index is 9.22. The van der Waals surface area contributed by atoms with Crippen molar-refractivity contribution in [1.82, 2.24) is 19.8 Å². The predicted octanol–water partition coefficient (Wildman–Crippen LogP) is 2.53. The van der Waals surface area contributed by atoms with Gasteiger partial charge in [0.15, 0.2) is 0 Å². The number of fused-ring (bicyclic) bond motifs is 1. The van der Waals surface area contributed by atoms with Crippen LogP contribution in [0.5, 0.6) is 0 Å². The lowest BCUT2D eigenvalue weighted by molar-refractivity contribution is 0.188. The number of anilines is 1. The van der Waals surface area contributed by atoms with Gasteiger partial charge in [-0.3, -0.25) is 4.90 Å². The van der Waals surface area contributed by atoms with E-state index < -0.39 is 0 Å². The molecule has 0 radical (unpaired) electrons. The molecule has 6 nitrogen and oxygen atoms in total. The summed E-state index contributed by atoms with van der Waals surface area (Å²) >= 11 is 1.70. The largest absolute Gasteiger partial charge is 0.395 e. The maximum Gasteiger partial charge on any atom is 0.146 e. The van der Waals surface area contributed by atoms with Gasteiger partial charge in [-0.15, -0.1) is 11.3 Å². The van der Waals surface area contributed by atoms with E-state index in [1.54, 1.807) is 11.3 Å². The monoisotopic (exact) mass is 397 g/mol. The molecule has 0 aliphatic carbocycles. The summed E-state index contributed by atoms with van der Waals surface area (Å²) in [5.74, 6) is 1.91. The molecule has 1 fully saturated rings. The van der Waals surface area contributed by atoms with Crippen molar-refractivity contribution in [3.05, 3.63) is 41.5 Å². The lowest BCUT2D eigenvalue weighted by Gasteiger charge is -2.35. The summed E-state index contributed by atoms with van der Waals surface area (Å²) in [6, 6.07) is 10.5. The van der Waals surface area contributed by atoms with Crippen molar-refractivity contribution in [1.29, 1.82) is 0 Å². The Kier molecular flexibility index (Phi) is 5.87. The molecule has 0 bridgehead atoms. The van der Waals surface area contributed by atoms with Gasteiger partial charge in [0.05, 0.1) is 18.5 Å². The Morgan fingerprint density at radius 2 is 1.82 bits per heavy atom. The molecule has 7 heteroatoms. The first-order valence-electron chi connectivity index (χ1n) is 9.72. The van der Waals surface area contributed by atoms with Crippen LogP contribution in [0.15, 0.2) is 35.7 Å². The fourth-order valence-corrected chi connectivity index (χ4v) is 4.66. The average Bonchev–Trinajstić information content (AvgIpc) is 3.12. The number of piperazine rings is 1. The van der Waals surface area contributed by atoms with Crippen LogP contribution < -0.4 is 4.90 Å². The minimum absolute atomic E-state index is 0.216. The Morgan fingerprint density at radius 3 is 2.50 bits per heavy atom. The van der Waals surface area contributed by atoms with Gasteiger partial charge in [0.2, 0.25) is 0 Å². The SMILES string of the molecule is CN(C)Cc1nc(N2CCN(CCO)CC2)c2c(-c3ccccc3)csc2n1. The minimum Gasteiger partial charge on any atom is -0.395 e. The second kappa shape index (κ2) is 8.53. The van der Waals surface area contributed by atoms with Crippen molar-refractivity contribution in [2.75, 3.05) is 58.3 Å². The molecular formula is C21H27N5OS. The maximum atomic E-state index is 9.22. The van der Waals surface area contributed by atoms with Crippen molar-refractivity contribution in [3.8, 4) is 11.1 Å². The molecule has 0 unspecified atom stereocenters. The van der Waals surface area contributed by atoms with Gasteiger partial charge in [-0.2, -0.15) is 0 Å². The third-order valence-corrected chi connectivity index (χ3v) is 5.96. The number of rotatable bonds is 6. The second-order valence-electron chi connectivity index (χ2n) is 7.45. The van der Waals surface area contributed by atoms with E-state index in [-0.39, 0.29) is 6.61 Å². The Hall–Kier alpha value is -2.06. The Bertz CT molecular complexity index is 919. The van der Waals surface area contributed by atoms with Crippen LogP contribution in [-0.2, 0) is 6.54 Å².